The Morgan fingerprint density at radius 3 is 2.67 bits per heavy atom. The lowest BCUT2D eigenvalue weighted by Gasteiger charge is -2.43. The first kappa shape index (κ1) is 30.2. The highest BCUT2D eigenvalue weighted by molar-refractivity contribution is 6.08. The lowest BCUT2D eigenvalue weighted by molar-refractivity contribution is -0.158. The summed E-state index contributed by atoms with van der Waals surface area (Å²) < 4.78 is 11.1. The number of oxime groups is 1. The van der Waals surface area contributed by atoms with E-state index in [1.165, 1.54) is 0 Å². The van der Waals surface area contributed by atoms with Crippen LogP contribution in [0.15, 0.2) is 27.4 Å². The van der Waals surface area contributed by atoms with E-state index in [1.54, 1.807) is 32.9 Å². The summed E-state index contributed by atoms with van der Waals surface area (Å²) in [6.07, 6.45) is 0.921. The Hall–Kier alpha value is -3.34. The first-order valence-electron chi connectivity index (χ1n) is 13.5. The second-order valence-corrected chi connectivity index (χ2v) is 10.6. The van der Waals surface area contributed by atoms with Gasteiger partial charge >= 0.3 is 11.9 Å². The third-order valence-corrected chi connectivity index (χ3v) is 7.58. The fourth-order valence-electron chi connectivity index (χ4n) is 5.20. The van der Waals surface area contributed by atoms with E-state index < -0.39 is 30.5 Å². The van der Waals surface area contributed by atoms with E-state index in [0.29, 0.717) is 48.4 Å². The van der Waals surface area contributed by atoms with E-state index in [4.69, 9.17) is 19.2 Å². The fourth-order valence-corrected chi connectivity index (χ4v) is 5.20. The number of aliphatic carboxylic acids is 1. The number of esters is 1. The van der Waals surface area contributed by atoms with Crippen LogP contribution in [0, 0.1) is 30.6 Å². The summed E-state index contributed by atoms with van der Waals surface area (Å²) in [6.45, 7) is 7.37. The quantitative estimate of drug-likeness (QED) is 0.276. The molecular weight excluding hydrogens is 508 g/mol. The van der Waals surface area contributed by atoms with Crippen LogP contribution < -0.4 is 0 Å². The Kier molecular flexibility index (Phi) is 10.6. The van der Waals surface area contributed by atoms with E-state index in [1.807, 2.05) is 6.92 Å². The number of aliphatic hydroxyl groups excluding tert-OH is 1. The van der Waals surface area contributed by atoms with Crippen LogP contribution >= 0.6 is 0 Å². The molecule has 2 aliphatic rings. The SMILES string of the molecule is CCC(C)C(=O)OC1CC/C(=N\OCc2cc(C)no2)C2=CC(=O)C(C)C(CCC(=O)CC(O)CC(=O)O)C21. The number of carboxylic acid groups (broad SMARTS) is 1. The molecule has 11 heteroatoms. The molecule has 0 aromatic carbocycles. The summed E-state index contributed by atoms with van der Waals surface area (Å²) >= 11 is 0. The van der Waals surface area contributed by atoms with Crippen LogP contribution in [0.4, 0.5) is 0 Å². The molecule has 0 aliphatic heterocycles. The van der Waals surface area contributed by atoms with Crippen molar-refractivity contribution in [1.29, 1.82) is 0 Å². The minimum atomic E-state index is -1.26. The van der Waals surface area contributed by atoms with Gasteiger partial charge < -0.3 is 24.3 Å². The highest BCUT2D eigenvalue weighted by Gasteiger charge is 2.46. The number of aryl methyl sites for hydroxylation is 1. The highest BCUT2D eigenvalue weighted by Crippen LogP contribution is 2.44. The zero-order valence-electron chi connectivity index (χ0n) is 22.9. The number of ketones is 2. The van der Waals surface area contributed by atoms with Crippen LogP contribution in [0.5, 0.6) is 0 Å². The van der Waals surface area contributed by atoms with Crippen molar-refractivity contribution in [3.8, 4) is 0 Å². The topological polar surface area (TPSA) is 166 Å². The molecule has 0 saturated heterocycles. The molecule has 0 radical (unpaired) electrons. The number of Topliss-reactive ketones (excluding diaryl/α,β-unsaturated/α-hetero) is 1. The minimum Gasteiger partial charge on any atom is -0.481 e. The molecule has 1 aromatic heterocycles. The molecule has 1 aromatic rings. The van der Waals surface area contributed by atoms with Gasteiger partial charge in [-0.15, -0.1) is 0 Å². The molecule has 214 valence electrons. The Bertz CT molecular complexity index is 1120. The van der Waals surface area contributed by atoms with Crippen LogP contribution in [-0.2, 0) is 35.4 Å². The van der Waals surface area contributed by atoms with Gasteiger partial charge in [-0.1, -0.05) is 31.1 Å². The number of carbonyl (C=O) groups excluding carboxylic acids is 3. The maximum absolute atomic E-state index is 13.0. The average molecular weight is 547 g/mol. The molecule has 2 N–H and O–H groups in total. The second kappa shape index (κ2) is 13.6. The van der Waals surface area contributed by atoms with E-state index in [9.17, 15) is 24.3 Å². The summed E-state index contributed by atoms with van der Waals surface area (Å²) in [5, 5.41) is 26.8. The molecule has 11 nitrogen and oxygen atoms in total. The van der Waals surface area contributed by atoms with Crippen molar-refractivity contribution in [3.63, 3.8) is 0 Å². The lowest BCUT2D eigenvalue weighted by atomic mass is 9.63. The normalized spacial score (nSPS) is 25.4. The van der Waals surface area contributed by atoms with Crippen LogP contribution in [0.2, 0.25) is 0 Å². The minimum absolute atomic E-state index is 0.0581. The fraction of sp³-hybridized carbons (Fsp3) is 0.643. The first-order chi connectivity index (χ1) is 18.5. The number of nitrogens with zero attached hydrogens (tertiary/aromatic N) is 2. The molecule has 1 saturated carbocycles. The van der Waals surface area contributed by atoms with E-state index in [2.05, 4.69) is 10.3 Å². The summed E-state index contributed by atoms with van der Waals surface area (Å²) in [5.41, 5.74) is 1.94. The largest absolute Gasteiger partial charge is 0.481 e. The second-order valence-electron chi connectivity index (χ2n) is 10.6. The standard InChI is InChI=1S/C28H38N2O9/c1-5-15(2)28(36)38-25-9-8-23(30-37-14-20-10-16(3)29-39-20)22-13-24(33)17(4)21(27(22)25)7-6-18(31)11-19(32)12-26(34)35/h10,13,15,17,19,21,25,27,32H,5-9,11-12,14H2,1-4H3,(H,34,35)/b30-23+. The number of carbonyl (C=O) groups is 4. The van der Waals surface area contributed by atoms with Crippen molar-refractivity contribution in [3.05, 3.63) is 29.2 Å². The Labute approximate surface area is 227 Å². The molecular formula is C28H38N2O9. The predicted molar refractivity (Wildman–Crippen MR) is 138 cm³/mol. The number of hydrogen-bond donors (Lipinski definition) is 2. The van der Waals surface area contributed by atoms with E-state index in [-0.39, 0.29) is 54.7 Å². The molecule has 39 heavy (non-hydrogen) atoms. The third kappa shape index (κ3) is 8.08. The monoisotopic (exact) mass is 546 g/mol. The lowest BCUT2D eigenvalue weighted by Crippen LogP contribution is -2.46. The van der Waals surface area contributed by atoms with Gasteiger partial charge in [-0.05, 0) is 50.2 Å². The maximum atomic E-state index is 13.0. The van der Waals surface area contributed by atoms with Crippen molar-refractivity contribution < 1.29 is 43.5 Å². The van der Waals surface area contributed by atoms with Crippen molar-refractivity contribution in [2.24, 2.45) is 28.8 Å². The third-order valence-electron chi connectivity index (χ3n) is 7.58. The van der Waals surface area contributed by atoms with Crippen molar-refractivity contribution in [1.82, 2.24) is 5.16 Å². The van der Waals surface area contributed by atoms with Crippen LogP contribution in [0.3, 0.4) is 0 Å². The number of carboxylic acids is 1. The van der Waals surface area contributed by atoms with Crippen LogP contribution in [-0.4, -0.2) is 56.8 Å². The van der Waals surface area contributed by atoms with Crippen LogP contribution in [0.1, 0.15) is 77.2 Å². The number of aliphatic hydroxyl groups is 1. The summed E-state index contributed by atoms with van der Waals surface area (Å²) in [5.74, 6) is -2.79. The summed E-state index contributed by atoms with van der Waals surface area (Å²) in [7, 11) is 0. The van der Waals surface area contributed by atoms with Crippen molar-refractivity contribution in [2.75, 3.05) is 0 Å². The van der Waals surface area contributed by atoms with Crippen LogP contribution in [0.25, 0.3) is 0 Å². The van der Waals surface area contributed by atoms with Gasteiger partial charge in [0.05, 0.1) is 29.8 Å². The van der Waals surface area contributed by atoms with Gasteiger partial charge in [0.15, 0.2) is 18.2 Å². The highest BCUT2D eigenvalue weighted by atomic mass is 16.6. The van der Waals surface area contributed by atoms with Gasteiger partial charge in [-0.3, -0.25) is 19.2 Å². The predicted octanol–water partition coefficient (Wildman–Crippen LogP) is 3.56. The van der Waals surface area contributed by atoms with Gasteiger partial charge in [0.25, 0.3) is 0 Å². The Balaban J connectivity index is 1.82. The smallest absolute Gasteiger partial charge is 0.308 e. The van der Waals surface area contributed by atoms with Gasteiger partial charge in [0, 0.05) is 30.7 Å². The van der Waals surface area contributed by atoms with Gasteiger partial charge in [0.2, 0.25) is 0 Å². The Morgan fingerprint density at radius 2 is 2.03 bits per heavy atom. The summed E-state index contributed by atoms with van der Waals surface area (Å²) in [6, 6.07) is 1.74. The van der Waals surface area contributed by atoms with Gasteiger partial charge in [-0.2, -0.15) is 0 Å². The Morgan fingerprint density at radius 1 is 1.28 bits per heavy atom. The number of hydrogen-bond acceptors (Lipinski definition) is 10. The molecule has 1 heterocycles. The first-order valence-corrected chi connectivity index (χ1v) is 13.5. The molecule has 0 spiro atoms. The van der Waals surface area contributed by atoms with Crippen molar-refractivity contribution >= 4 is 29.2 Å². The molecule has 0 amide bonds. The molecule has 1 fully saturated rings. The zero-order valence-corrected chi connectivity index (χ0v) is 22.9. The molecule has 6 unspecified atom stereocenters. The molecule has 0 bridgehead atoms. The van der Waals surface area contributed by atoms with Gasteiger partial charge in [0.1, 0.15) is 11.9 Å². The number of aromatic nitrogens is 1. The number of fused-ring (bicyclic) bond motifs is 1. The number of allylic oxidation sites excluding steroid dienone is 1. The average Bonchev–Trinajstić information content (AvgIpc) is 3.29. The number of ether oxygens (including phenoxy) is 1. The molecule has 6 atom stereocenters. The van der Waals surface area contributed by atoms with E-state index >= 15 is 0 Å². The van der Waals surface area contributed by atoms with E-state index in [0.717, 1.165) is 0 Å². The van der Waals surface area contributed by atoms with Gasteiger partial charge in [-0.25, -0.2) is 0 Å². The number of rotatable bonds is 13. The zero-order chi connectivity index (χ0) is 28.7. The maximum Gasteiger partial charge on any atom is 0.308 e. The molecule has 3 rings (SSSR count). The molecule has 2 aliphatic carbocycles. The van der Waals surface area contributed by atoms with Crippen molar-refractivity contribution in [2.45, 2.75) is 91.5 Å². The summed E-state index contributed by atoms with van der Waals surface area (Å²) in [4.78, 5) is 54.7.